The summed E-state index contributed by atoms with van der Waals surface area (Å²) in [6.07, 6.45) is 2.26. The molecule has 1 rings (SSSR count). The molecule has 0 aromatic carbocycles. The van der Waals surface area contributed by atoms with E-state index in [1.807, 2.05) is 0 Å². The molecule has 0 saturated carbocycles. The molecular formula is C11H21NO6S2. The Bertz CT molecular complexity index is 553. The van der Waals surface area contributed by atoms with Gasteiger partial charge in [0.25, 0.3) is 0 Å². The summed E-state index contributed by atoms with van der Waals surface area (Å²) < 4.78 is 47.6. The highest BCUT2D eigenvalue weighted by Gasteiger charge is 2.33. The van der Waals surface area contributed by atoms with E-state index in [0.29, 0.717) is 13.0 Å². The molecule has 9 heteroatoms. The Morgan fingerprint density at radius 3 is 2.45 bits per heavy atom. The third-order valence-corrected chi connectivity index (χ3v) is 7.50. The van der Waals surface area contributed by atoms with E-state index in [9.17, 15) is 21.6 Å². The molecule has 1 aliphatic rings. The summed E-state index contributed by atoms with van der Waals surface area (Å²) in [5.41, 5.74) is 0. The summed E-state index contributed by atoms with van der Waals surface area (Å²) in [6.45, 7) is 2.28. The van der Waals surface area contributed by atoms with Crippen molar-refractivity contribution in [2.45, 2.75) is 26.2 Å². The molecule has 2 atom stereocenters. The summed E-state index contributed by atoms with van der Waals surface area (Å²) in [6, 6.07) is 0. The Hall–Kier alpha value is -0.670. The molecule has 0 radical (unpaired) electrons. The monoisotopic (exact) mass is 327 g/mol. The normalized spacial score (nSPS) is 23.4. The number of carbonyl (C=O) groups is 1. The molecule has 0 spiro atoms. The van der Waals surface area contributed by atoms with Crippen molar-refractivity contribution in [3.63, 3.8) is 0 Å². The first-order valence-electron chi connectivity index (χ1n) is 6.38. The summed E-state index contributed by atoms with van der Waals surface area (Å²) in [5.74, 6) is -1.09. The molecule has 0 amide bonds. The van der Waals surface area contributed by atoms with Crippen LogP contribution in [0.5, 0.6) is 0 Å². The fourth-order valence-electron chi connectivity index (χ4n) is 2.48. The number of nitrogens with zero attached hydrogens (tertiary/aromatic N) is 1. The number of sulfone groups is 1. The molecule has 1 heterocycles. The Labute approximate surface area is 119 Å². The van der Waals surface area contributed by atoms with E-state index >= 15 is 0 Å². The lowest BCUT2D eigenvalue weighted by molar-refractivity contribution is -0.138. The number of hydrogen-bond donors (Lipinski definition) is 1. The van der Waals surface area contributed by atoms with Crippen LogP contribution in [0.2, 0.25) is 0 Å². The zero-order valence-electron chi connectivity index (χ0n) is 11.6. The minimum absolute atomic E-state index is 0.00929. The molecule has 0 aliphatic carbocycles. The van der Waals surface area contributed by atoms with Crippen molar-refractivity contribution in [2.24, 2.45) is 11.8 Å². The van der Waals surface area contributed by atoms with Gasteiger partial charge in [0.1, 0.15) is 0 Å². The second kappa shape index (κ2) is 6.40. The minimum Gasteiger partial charge on any atom is -0.481 e. The Balaban J connectivity index is 2.76. The average Bonchev–Trinajstić information content (AvgIpc) is 2.25. The summed E-state index contributed by atoms with van der Waals surface area (Å²) in [7, 11) is -7.45. The van der Waals surface area contributed by atoms with Crippen LogP contribution in [0.15, 0.2) is 0 Å². The Morgan fingerprint density at radius 2 is 1.95 bits per heavy atom. The maximum absolute atomic E-state index is 12.0. The minimum atomic E-state index is -3.84. The fourth-order valence-corrected chi connectivity index (χ4v) is 6.06. The van der Waals surface area contributed by atoms with E-state index in [4.69, 9.17) is 5.11 Å². The van der Waals surface area contributed by atoms with Gasteiger partial charge < -0.3 is 5.11 Å². The van der Waals surface area contributed by atoms with Gasteiger partial charge in [-0.15, -0.1) is 0 Å². The standard InChI is InChI=1S/C11H21NO6S2/c1-9(6-11(13)14)10-4-3-5-12(7-10)20(17,18)8-19(2,15)16/h9-10H,3-8H2,1-2H3,(H,13,14). The molecule has 20 heavy (non-hydrogen) atoms. The van der Waals surface area contributed by atoms with Gasteiger partial charge in [-0.25, -0.2) is 21.1 Å². The SMILES string of the molecule is CC(CC(=O)O)C1CCCN(S(=O)(=O)CS(C)(=O)=O)C1. The van der Waals surface area contributed by atoms with Crippen molar-refractivity contribution < 1.29 is 26.7 Å². The predicted molar refractivity (Wildman–Crippen MR) is 74.3 cm³/mol. The molecule has 1 N–H and O–H groups in total. The third-order valence-electron chi connectivity index (χ3n) is 3.48. The van der Waals surface area contributed by atoms with Crippen molar-refractivity contribution in [1.29, 1.82) is 0 Å². The number of hydrogen-bond acceptors (Lipinski definition) is 5. The third kappa shape index (κ3) is 5.37. The highest BCUT2D eigenvalue weighted by atomic mass is 32.3. The molecule has 0 aromatic heterocycles. The van der Waals surface area contributed by atoms with E-state index in [0.717, 1.165) is 12.7 Å². The van der Waals surface area contributed by atoms with Crippen LogP contribution in [0, 0.1) is 11.8 Å². The van der Waals surface area contributed by atoms with Gasteiger partial charge in [0, 0.05) is 25.8 Å². The Kier molecular flexibility index (Phi) is 5.56. The van der Waals surface area contributed by atoms with Gasteiger partial charge in [-0.2, -0.15) is 0 Å². The van der Waals surface area contributed by atoms with Gasteiger partial charge in [-0.05, 0) is 24.7 Å². The van der Waals surface area contributed by atoms with Crippen LogP contribution in [0.4, 0.5) is 0 Å². The van der Waals surface area contributed by atoms with Gasteiger partial charge in [0.05, 0.1) is 0 Å². The first-order chi connectivity index (χ1) is 9.01. The largest absolute Gasteiger partial charge is 0.481 e. The zero-order chi connectivity index (χ0) is 15.6. The van der Waals surface area contributed by atoms with Crippen molar-refractivity contribution >= 4 is 25.8 Å². The lowest BCUT2D eigenvalue weighted by atomic mass is 9.85. The van der Waals surface area contributed by atoms with Gasteiger partial charge in [-0.3, -0.25) is 4.79 Å². The molecule has 2 unspecified atom stereocenters. The zero-order valence-corrected chi connectivity index (χ0v) is 13.3. The van der Waals surface area contributed by atoms with E-state index < -0.39 is 30.9 Å². The molecular weight excluding hydrogens is 306 g/mol. The number of rotatable bonds is 6. The van der Waals surface area contributed by atoms with Crippen molar-refractivity contribution in [3.05, 3.63) is 0 Å². The molecule has 0 bridgehead atoms. The molecule has 1 fully saturated rings. The second-order valence-electron chi connectivity index (χ2n) is 5.49. The van der Waals surface area contributed by atoms with E-state index in [1.54, 1.807) is 6.92 Å². The molecule has 0 aromatic rings. The maximum atomic E-state index is 12.0. The van der Waals surface area contributed by atoms with Crippen LogP contribution in [0.3, 0.4) is 0 Å². The summed E-state index contributed by atoms with van der Waals surface area (Å²) >= 11 is 0. The van der Waals surface area contributed by atoms with Crippen molar-refractivity contribution in [2.75, 3.05) is 24.4 Å². The summed E-state index contributed by atoms with van der Waals surface area (Å²) in [5, 5.41) is 7.89. The van der Waals surface area contributed by atoms with Crippen LogP contribution in [0.1, 0.15) is 26.2 Å². The molecule has 118 valence electrons. The average molecular weight is 327 g/mol. The maximum Gasteiger partial charge on any atom is 0.303 e. The van der Waals surface area contributed by atoms with Crippen LogP contribution >= 0.6 is 0 Å². The number of piperidine rings is 1. The number of carboxylic acids is 1. The van der Waals surface area contributed by atoms with Crippen molar-refractivity contribution in [3.8, 4) is 0 Å². The van der Waals surface area contributed by atoms with Crippen LogP contribution in [0.25, 0.3) is 0 Å². The number of sulfonamides is 1. The Morgan fingerprint density at radius 1 is 1.35 bits per heavy atom. The molecule has 1 saturated heterocycles. The van der Waals surface area contributed by atoms with Gasteiger partial charge in [0.15, 0.2) is 14.9 Å². The van der Waals surface area contributed by atoms with Gasteiger partial charge in [-0.1, -0.05) is 6.92 Å². The van der Waals surface area contributed by atoms with Gasteiger partial charge in [0.2, 0.25) is 10.0 Å². The smallest absolute Gasteiger partial charge is 0.303 e. The highest BCUT2D eigenvalue weighted by molar-refractivity contribution is 8.06. The molecule has 1 aliphatic heterocycles. The second-order valence-corrected chi connectivity index (χ2v) is 9.97. The van der Waals surface area contributed by atoms with E-state index in [-0.39, 0.29) is 24.8 Å². The van der Waals surface area contributed by atoms with Crippen LogP contribution < -0.4 is 0 Å². The molecule has 7 nitrogen and oxygen atoms in total. The first-order valence-corrected chi connectivity index (χ1v) is 10.1. The fraction of sp³-hybridized carbons (Fsp3) is 0.909. The summed E-state index contributed by atoms with van der Waals surface area (Å²) in [4.78, 5) is 10.7. The van der Waals surface area contributed by atoms with Gasteiger partial charge >= 0.3 is 5.97 Å². The first kappa shape index (κ1) is 17.4. The van der Waals surface area contributed by atoms with Crippen molar-refractivity contribution in [1.82, 2.24) is 4.31 Å². The van der Waals surface area contributed by atoms with Crippen LogP contribution in [-0.4, -0.2) is 56.6 Å². The predicted octanol–water partition coefficient (Wildman–Crippen LogP) is 0.141. The lowest BCUT2D eigenvalue weighted by Gasteiger charge is -2.34. The van der Waals surface area contributed by atoms with E-state index in [2.05, 4.69) is 0 Å². The topological polar surface area (TPSA) is 109 Å². The van der Waals surface area contributed by atoms with Crippen LogP contribution in [-0.2, 0) is 24.7 Å². The van der Waals surface area contributed by atoms with E-state index in [1.165, 1.54) is 4.31 Å². The number of aliphatic carboxylic acids is 1. The highest BCUT2D eigenvalue weighted by Crippen LogP contribution is 2.27. The lowest BCUT2D eigenvalue weighted by Crippen LogP contribution is -2.43. The number of carboxylic acid groups (broad SMARTS) is 1. The quantitative estimate of drug-likeness (QED) is 0.743.